The highest BCUT2D eigenvalue weighted by Gasteiger charge is 2.11. The van der Waals surface area contributed by atoms with Crippen LogP contribution >= 0.6 is 0 Å². The maximum Gasteiger partial charge on any atom is 0.150 e. The van der Waals surface area contributed by atoms with E-state index in [2.05, 4.69) is 16.6 Å². The van der Waals surface area contributed by atoms with Gasteiger partial charge < -0.3 is 9.77 Å². The number of aryl methyl sites for hydroxylation is 1. The fraction of sp³-hybridized carbons (Fsp3) is 0.176. The molecule has 0 fully saturated rings. The number of aldehydes is 1. The Balaban J connectivity index is 2.43. The van der Waals surface area contributed by atoms with E-state index in [1.165, 1.54) is 0 Å². The van der Waals surface area contributed by atoms with Crippen molar-refractivity contribution in [1.82, 2.24) is 4.57 Å². The van der Waals surface area contributed by atoms with Crippen molar-refractivity contribution in [3.05, 3.63) is 47.5 Å². The number of carbonyl (C=O) groups is 1. The van der Waals surface area contributed by atoms with Gasteiger partial charge in [0.1, 0.15) is 6.29 Å². The van der Waals surface area contributed by atoms with Crippen LogP contribution in [0.3, 0.4) is 0 Å². The van der Waals surface area contributed by atoms with Crippen LogP contribution in [-0.4, -0.2) is 21.8 Å². The topological polar surface area (TPSA) is 54.6 Å². The molecule has 106 valence electrons. The van der Waals surface area contributed by atoms with Gasteiger partial charge in [0.2, 0.25) is 0 Å². The second-order valence-corrected chi connectivity index (χ2v) is 5.06. The lowest BCUT2D eigenvalue weighted by Crippen LogP contribution is -1.95. The van der Waals surface area contributed by atoms with E-state index in [0.29, 0.717) is 11.3 Å². The van der Waals surface area contributed by atoms with E-state index in [4.69, 9.17) is 5.21 Å². The first-order valence-corrected chi connectivity index (χ1v) is 6.89. The number of hydrogen-bond donors (Lipinski definition) is 1. The lowest BCUT2D eigenvalue weighted by atomic mass is 10.1. The zero-order valence-corrected chi connectivity index (χ0v) is 12.0. The normalized spacial score (nSPS) is 12.2. The first-order valence-electron chi connectivity index (χ1n) is 6.89. The molecule has 0 aliphatic carbocycles. The monoisotopic (exact) mass is 280 g/mol. The summed E-state index contributed by atoms with van der Waals surface area (Å²) in [5, 5.41) is 14.3. The standard InChI is InChI=1S/C17H16N2O2/c1-3-19-16-6-4-12(10-20)8-14(16)15-9-13(11(2)18-21)5-7-17(15)19/h4-10,21H,3H2,1-2H3. The molecule has 1 aromatic heterocycles. The van der Waals surface area contributed by atoms with E-state index in [0.717, 1.165) is 40.2 Å². The van der Waals surface area contributed by atoms with Crippen molar-refractivity contribution in [2.45, 2.75) is 20.4 Å². The third-order valence-electron chi connectivity index (χ3n) is 3.91. The summed E-state index contributed by atoms with van der Waals surface area (Å²) < 4.78 is 2.22. The number of carbonyl (C=O) groups excluding carboxylic acids is 1. The molecule has 0 amide bonds. The molecule has 0 unspecified atom stereocenters. The van der Waals surface area contributed by atoms with Crippen molar-refractivity contribution >= 4 is 33.8 Å². The van der Waals surface area contributed by atoms with Gasteiger partial charge in [-0.25, -0.2) is 0 Å². The van der Waals surface area contributed by atoms with Gasteiger partial charge in [-0.3, -0.25) is 4.79 Å². The van der Waals surface area contributed by atoms with E-state index < -0.39 is 0 Å². The van der Waals surface area contributed by atoms with Gasteiger partial charge in [-0.05, 0) is 49.7 Å². The summed E-state index contributed by atoms with van der Waals surface area (Å²) in [6.07, 6.45) is 0.860. The average Bonchev–Trinajstić information content (AvgIpc) is 2.86. The Morgan fingerprint density at radius 3 is 2.48 bits per heavy atom. The second kappa shape index (κ2) is 5.05. The number of hydrogen-bond acceptors (Lipinski definition) is 3. The van der Waals surface area contributed by atoms with Gasteiger partial charge in [0.25, 0.3) is 0 Å². The summed E-state index contributed by atoms with van der Waals surface area (Å²) in [5.41, 5.74) is 4.33. The summed E-state index contributed by atoms with van der Waals surface area (Å²) in [4.78, 5) is 11.0. The molecule has 0 spiro atoms. The van der Waals surface area contributed by atoms with Gasteiger partial charge in [-0.2, -0.15) is 0 Å². The van der Waals surface area contributed by atoms with Crippen molar-refractivity contribution in [3.63, 3.8) is 0 Å². The minimum absolute atomic E-state index is 0.570. The van der Waals surface area contributed by atoms with Crippen LogP contribution in [0.25, 0.3) is 21.8 Å². The van der Waals surface area contributed by atoms with Gasteiger partial charge in [0, 0.05) is 33.9 Å². The Morgan fingerprint density at radius 2 is 1.86 bits per heavy atom. The minimum atomic E-state index is 0.570. The van der Waals surface area contributed by atoms with Gasteiger partial charge in [-0.15, -0.1) is 0 Å². The molecule has 0 aliphatic rings. The third-order valence-corrected chi connectivity index (χ3v) is 3.91. The molecule has 0 saturated heterocycles. The zero-order chi connectivity index (χ0) is 15.0. The molecule has 4 heteroatoms. The molecule has 1 heterocycles. The van der Waals surface area contributed by atoms with Crippen molar-refractivity contribution in [1.29, 1.82) is 0 Å². The van der Waals surface area contributed by atoms with Crippen molar-refractivity contribution in [2.24, 2.45) is 5.16 Å². The molecule has 0 saturated carbocycles. The largest absolute Gasteiger partial charge is 0.411 e. The maximum absolute atomic E-state index is 11.0. The van der Waals surface area contributed by atoms with Gasteiger partial charge >= 0.3 is 0 Å². The zero-order valence-electron chi connectivity index (χ0n) is 12.0. The van der Waals surface area contributed by atoms with Crippen molar-refractivity contribution in [2.75, 3.05) is 0 Å². The molecule has 0 bridgehead atoms. The molecular formula is C17H16N2O2. The summed E-state index contributed by atoms with van der Waals surface area (Å²) >= 11 is 0. The molecule has 3 rings (SSSR count). The summed E-state index contributed by atoms with van der Waals surface area (Å²) in [6.45, 7) is 4.71. The Bertz CT molecular complexity index is 875. The minimum Gasteiger partial charge on any atom is -0.411 e. The molecule has 1 N–H and O–H groups in total. The van der Waals surface area contributed by atoms with E-state index in [-0.39, 0.29) is 0 Å². The van der Waals surface area contributed by atoms with Crippen LogP contribution in [0.1, 0.15) is 29.8 Å². The smallest absolute Gasteiger partial charge is 0.150 e. The first kappa shape index (κ1) is 13.4. The molecule has 0 atom stereocenters. The lowest BCUT2D eigenvalue weighted by molar-refractivity contribution is 0.112. The Kier molecular flexibility index (Phi) is 3.22. The summed E-state index contributed by atoms with van der Waals surface area (Å²) in [6, 6.07) is 11.7. The average molecular weight is 280 g/mol. The molecule has 2 aromatic carbocycles. The van der Waals surface area contributed by atoms with Crippen LogP contribution in [0.5, 0.6) is 0 Å². The number of benzene rings is 2. The van der Waals surface area contributed by atoms with Crippen LogP contribution < -0.4 is 0 Å². The fourth-order valence-corrected chi connectivity index (χ4v) is 2.82. The quantitative estimate of drug-likeness (QED) is 0.343. The molecule has 0 aliphatic heterocycles. The Morgan fingerprint density at radius 1 is 1.19 bits per heavy atom. The predicted molar refractivity (Wildman–Crippen MR) is 84.5 cm³/mol. The van der Waals surface area contributed by atoms with E-state index >= 15 is 0 Å². The molecule has 0 radical (unpaired) electrons. The SMILES string of the molecule is CCn1c2ccc(C=O)cc2c2cc(C(C)=NO)ccc21. The second-order valence-electron chi connectivity index (χ2n) is 5.06. The van der Waals surface area contributed by atoms with Crippen LogP contribution in [0.2, 0.25) is 0 Å². The molecule has 3 aromatic rings. The number of oxime groups is 1. The first-order chi connectivity index (χ1) is 10.2. The van der Waals surface area contributed by atoms with Crippen LogP contribution in [0.4, 0.5) is 0 Å². The van der Waals surface area contributed by atoms with E-state index in [1.807, 2.05) is 36.4 Å². The summed E-state index contributed by atoms with van der Waals surface area (Å²) in [5.74, 6) is 0. The Hall–Kier alpha value is -2.62. The van der Waals surface area contributed by atoms with Gasteiger partial charge in [0.15, 0.2) is 0 Å². The third kappa shape index (κ3) is 2.00. The highest BCUT2D eigenvalue weighted by atomic mass is 16.4. The number of aromatic nitrogens is 1. The van der Waals surface area contributed by atoms with Crippen molar-refractivity contribution in [3.8, 4) is 0 Å². The maximum atomic E-state index is 11.0. The highest BCUT2D eigenvalue weighted by Crippen LogP contribution is 2.30. The van der Waals surface area contributed by atoms with Crippen LogP contribution in [-0.2, 0) is 6.54 Å². The molecular weight excluding hydrogens is 264 g/mol. The predicted octanol–water partition coefficient (Wildman–Crippen LogP) is 3.83. The molecule has 4 nitrogen and oxygen atoms in total. The number of rotatable bonds is 3. The number of nitrogens with zero attached hydrogens (tertiary/aromatic N) is 2. The van der Waals surface area contributed by atoms with Crippen molar-refractivity contribution < 1.29 is 10.0 Å². The van der Waals surface area contributed by atoms with Crippen LogP contribution in [0, 0.1) is 0 Å². The van der Waals surface area contributed by atoms with Gasteiger partial charge in [-0.1, -0.05) is 11.2 Å². The molecule has 21 heavy (non-hydrogen) atoms. The number of fused-ring (bicyclic) bond motifs is 3. The Labute approximate surface area is 122 Å². The van der Waals surface area contributed by atoms with E-state index in [9.17, 15) is 4.79 Å². The van der Waals surface area contributed by atoms with Crippen LogP contribution in [0.15, 0.2) is 41.6 Å². The highest BCUT2D eigenvalue weighted by molar-refractivity contribution is 6.12. The fourth-order valence-electron chi connectivity index (χ4n) is 2.82. The van der Waals surface area contributed by atoms with E-state index in [1.54, 1.807) is 6.92 Å². The summed E-state index contributed by atoms with van der Waals surface area (Å²) in [7, 11) is 0. The lowest BCUT2D eigenvalue weighted by Gasteiger charge is -2.03. The van der Waals surface area contributed by atoms with Gasteiger partial charge in [0.05, 0.1) is 5.71 Å².